The van der Waals surface area contributed by atoms with Gasteiger partial charge in [-0.2, -0.15) is 0 Å². The van der Waals surface area contributed by atoms with Gasteiger partial charge in [0.1, 0.15) is 0 Å². The Balaban J connectivity index is 2.47. The minimum atomic E-state index is -0.174. The highest BCUT2D eigenvalue weighted by molar-refractivity contribution is 5.71. The van der Waals surface area contributed by atoms with Crippen LogP contribution in [0.15, 0.2) is 30.3 Å². The standard InChI is InChI=1S/C14H21NO2/c1-12(2)15(11-14(16)17-3)10-9-13-7-5-4-6-8-13/h4-8,12H,9-11H2,1-3H3. The first-order valence-electron chi connectivity index (χ1n) is 5.98. The average Bonchev–Trinajstić information content (AvgIpc) is 2.35. The van der Waals surface area contributed by atoms with E-state index < -0.39 is 0 Å². The molecule has 3 heteroatoms. The third kappa shape index (κ3) is 5.00. The van der Waals surface area contributed by atoms with Gasteiger partial charge in [0.25, 0.3) is 0 Å². The average molecular weight is 235 g/mol. The summed E-state index contributed by atoms with van der Waals surface area (Å²) in [7, 11) is 1.43. The predicted molar refractivity (Wildman–Crippen MR) is 68.9 cm³/mol. The lowest BCUT2D eigenvalue weighted by molar-refractivity contribution is -0.142. The molecule has 1 rings (SSSR count). The van der Waals surface area contributed by atoms with E-state index in [1.54, 1.807) is 0 Å². The normalized spacial score (nSPS) is 10.9. The van der Waals surface area contributed by atoms with Crippen LogP contribution in [0, 0.1) is 0 Å². The molecule has 0 saturated heterocycles. The molecule has 3 nitrogen and oxygen atoms in total. The molecular weight excluding hydrogens is 214 g/mol. The lowest BCUT2D eigenvalue weighted by atomic mass is 10.1. The molecule has 0 atom stereocenters. The van der Waals surface area contributed by atoms with Gasteiger partial charge in [-0.3, -0.25) is 9.69 Å². The van der Waals surface area contributed by atoms with E-state index in [4.69, 9.17) is 4.74 Å². The quantitative estimate of drug-likeness (QED) is 0.707. The minimum absolute atomic E-state index is 0.174. The third-order valence-corrected chi connectivity index (χ3v) is 2.82. The number of hydrogen-bond acceptors (Lipinski definition) is 3. The topological polar surface area (TPSA) is 29.5 Å². The van der Waals surface area contributed by atoms with Crippen LogP contribution in [0.4, 0.5) is 0 Å². The van der Waals surface area contributed by atoms with Gasteiger partial charge in [-0.05, 0) is 25.8 Å². The van der Waals surface area contributed by atoms with Gasteiger partial charge >= 0.3 is 5.97 Å². The molecule has 0 aliphatic carbocycles. The Labute approximate surface area is 103 Å². The Morgan fingerprint density at radius 2 is 1.94 bits per heavy atom. The highest BCUT2D eigenvalue weighted by atomic mass is 16.5. The highest BCUT2D eigenvalue weighted by Gasteiger charge is 2.13. The van der Waals surface area contributed by atoms with Crippen LogP contribution in [0.25, 0.3) is 0 Å². The number of esters is 1. The molecule has 0 fully saturated rings. The maximum absolute atomic E-state index is 11.3. The molecule has 94 valence electrons. The summed E-state index contributed by atoms with van der Waals surface area (Å²) in [4.78, 5) is 13.4. The second-order valence-corrected chi connectivity index (χ2v) is 4.38. The van der Waals surface area contributed by atoms with Gasteiger partial charge in [-0.1, -0.05) is 30.3 Å². The Morgan fingerprint density at radius 3 is 2.47 bits per heavy atom. The third-order valence-electron chi connectivity index (χ3n) is 2.82. The van der Waals surface area contributed by atoms with E-state index in [0.717, 1.165) is 13.0 Å². The summed E-state index contributed by atoms with van der Waals surface area (Å²) in [5, 5.41) is 0. The van der Waals surface area contributed by atoms with Gasteiger partial charge in [-0.15, -0.1) is 0 Å². The van der Waals surface area contributed by atoms with Crippen molar-refractivity contribution in [3.05, 3.63) is 35.9 Å². The molecule has 0 aliphatic heterocycles. The van der Waals surface area contributed by atoms with Crippen molar-refractivity contribution >= 4 is 5.97 Å². The van der Waals surface area contributed by atoms with Crippen molar-refractivity contribution in [3.63, 3.8) is 0 Å². The molecule has 0 unspecified atom stereocenters. The molecule has 17 heavy (non-hydrogen) atoms. The van der Waals surface area contributed by atoms with E-state index in [2.05, 4.69) is 30.9 Å². The van der Waals surface area contributed by atoms with Crippen LogP contribution in [0.2, 0.25) is 0 Å². The van der Waals surface area contributed by atoms with Crippen molar-refractivity contribution in [1.82, 2.24) is 4.90 Å². The first-order valence-corrected chi connectivity index (χ1v) is 5.98. The SMILES string of the molecule is COC(=O)CN(CCc1ccccc1)C(C)C. The second kappa shape index (κ2) is 7.07. The first-order chi connectivity index (χ1) is 8.13. The molecule has 0 heterocycles. The zero-order valence-electron chi connectivity index (χ0n) is 10.8. The summed E-state index contributed by atoms with van der Waals surface area (Å²) in [6, 6.07) is 10.6. The number of rotatable bonds is 6. The van der Waals surface area contributed by atoms with Crippen molar-refractivity contribution in [3.8, 4) is 0 Å². The molecule has 0 amide bonds. The molecule has 0 bridgehead atoms. The summed E-state index contributed by atoms with van der Waals surface area (Å²) in [5.74, 6) is -0.174. The van der Waals surface area contributed by atoms with Gasteiger partial charge in [0.05, 0.1) is 13.7 Å². The van der Waals surface area contributed by atoms with Crippen molar-refractivity contribution in [2.24, 2.45) is 0 Å². The fraction of sp³-hybridized carbons (Fsp3) is 0.500. The first kappa shape index (κ1) is 13.7. The van der Waals surface area contributed by atoms with E-state index in [9.17, 15) is 4.79 Å². The van der Waals surface area contributed by atoms with E-state index in [1.807, 2.05) is 18.2 Å². The van der Waals surface area contributed by atoms with Crippen LogP contribution in [-0.4, -0.2) is 37.1 Å². The Kier molecular flexibility index (Phi) is 5.70. The summed E-state index contributed by atoms with van der Waals surface area (Å²) in [6.45, 7) is 5.42. The predicted octanol–water partition coefficient (Wildman–Crippen LogP) is 2.11. The smallest absolute Gasteiger partial charge is 0.319 e. The van der Waals surface area contributed by atoms with Gasteiger partial charge in [0.15, 0.2) is 0 Å². The minimum Gasteiger partial charge on any atom is -0.468 e. The number of hydrogen-bond donors (Lipinski definition) is 0. The largest absolute Gasteiger partial charge is 0.468 e. The molecule has 0 aromatic heterocycles. The molecule has 0 N–H and O–H groups in total. The van der Waals surface area contributed by atoms with Crippen molar-refractivity contribution in [1.29, 1.82) is 0 Å². The molecule has 0 spiro atoms. The van der Waals surface area contributed by atoms with Crippen molar-refractivity contribution < 1.29 is 9.53 Å². The molecule has 1 aromatic carbocycles. The lowest BCUT2D eigenvalue weighted by Crippen LogP contribution is -2.37. The van der Waals surface area contributed by atoms with E-state index in [-0.39, 0.29) is 5.97 Å². The fourth-order valence-corrected chi connectivity index (χ4v) is 1.67. The van der Waals surface area contributed by atoms with Crippen LogP contribution >= 0.6 is 0 Å². The molecule has 0 radical (unpaired) electrons. The van der Waals surface area contributed by atoms with E-state index >= 15 is 0 Å². The van der Waals surface area contributed by atoms with E-state index in [1.165, 1.54) is 12.7 Å². The second-order valence-electron chi connectivity index (χ2n) is 4.38. The van der Waals surface area contributed by atoms with Crippen LogP contribution in [0.5, 0.6) is 0 Å². The molecule has 1 aromatic rings. The molecule has 0 aliphatic rings. The zero-order chi connectivity index (χ0) is 12.7. The Hall–Kier alpha value is -1.35. The summed E-state index contributed by atoms with van der Waals surface area (Å²) in [5.41, 5.74) is 1.29. The van der Waals surface area contributed by atoms with Crippen LogP contribution in [0.3, 0.4) is 0 Å². The number of carbonyl (C=O) groups is 1. The number of methoxy groups -OCH3 is 1. The van der Waals surface area contributed by atoms with Gasteiger partial charge < -0.3 is 4.74 Å². The summed E-state index contributed by atoms with van der Waals surface area (Å²) < 4.78 is 4.70. The monoisotopic (exact) mass is 235 g/mol. The van der Waals surface area contributed by atoms with Gasteiger partial charge in [0, 0.05) is 12.6 Å². The number of ether oxygens (including phenoxy) is 1. The summed E-state index contributed by atoms with van der Waals surface area (Å²) >= 11 is 0. The number of benzene rings is 1. The van der Waals surface area contributed by atoms with Crippen molar-refractivity contribution in [2.45, 2.75) is 26.3 Å². The van der Waals surface area contributed by atoms with Gasteiger partial charge in [0.2, 0.25) is 0 Å². The maximum Gasteiger partial charge on any atom is 0.319 e. The van der Waals surface area contributed by atoms with Crippen LogP contribution in [0.1, 0.15) is 19.4 Å². The van der Waals surface area contributed by atoms with Crippen LogP contribution < -0.4 is 0 Å². The molecule has 0 saturated carbocycles. The number of carbonyl (C=O) groups excluding carboxylic acids is 1. The maximum atomic E-state index is 11.3. The van der Waals surface area contributed by atoms with Gasteiger partial charge in [-0.25, -0.2) is 0 Å². The molecular formula is C14H21NO2. The fourth-order valence-electron chi connectivity index (χ4n) is 1.67. The zero-order valence-corrected chi connectivity index (χ0v) is 10.8. The number of nitrogens with zero attached hydrogens (tertiary/aromatic N) is 1. The van der Waals surface area contributed by atoms with E-state index in [0.29, 0.717) is 12.6 Å². The van der Waals surface area contributed by atoms with Crippen molar-refractivity contribution in [2.75, 3.05) is 20.2 Å². The summed E-state index contributed by atoms with van der Waals surface area (Å²) in [6.07, 6.45) is 0.954. The van der Waals surface area contributed by atoms with Crippen LogP contribution in [-0.2, 0) is 16.0 Å². The lowest BCUT2D eigenvalue weighted by Gasteiger charge is -2.25. The highest BCUT2D eigenvalue weighted by Crippen LogP contribution is 2.04. The Morgan fingerprint density at radius 1 is 1.29 bits per heavy atom. The Bertz CT molecular complexity index is 335.